The molecule has 1 nitrogen and oxygen atoms in total. The Morgan fingerprint density at radius 3 is 1.55 bits per heavy atom. The summed E-state index contributed by atoms with van der Waals surface area (Å²) in [4.78, 5) is 2.47. The van der Waals surface area contributed by atoms with Crippen molar-refractivity contribution in [2.75, 3.05) is 4.90 Å². The molecule has 7 aromatic rings. The smallest absolute Gasteiger partial charge is 0.0503 e. The molecule has 0 amide bonds. The fourth-order valence-corrected chi connectivity index (χ4v) is 6.78. The van der Waals surface area contributed by atoms with Crippen molar-refractivity contribution in [2.24, 2.45) is 0 Å². The van der Waals surface area contributed by atoms with E-state index in [4.69, 9.17) is 0 Å². The lowest BCUT2D eigenvalue weighted by Gasteiger charge is -2.42. The van der Waals surface area contributed by atoms with E-state index in [9.17, 15) is 0 Å². The van der Waals surface area contributed by atoms with Crippen LogP contribution < -0.4 is 4.90 Å². The maximum Gasteiger partial charge on any atom is 0.0503 e. The van der Waals surface area contributed by atoms with Crippen LogP contribution in [0.15, 0.2) is 152 Å². The van der Waals surface area contributed by atoms with Gasteiger partial charge in [-0.05, 0) is 91.3 Å². The van der Waals surface area contributed by atoms with Gasteiger partial charge in [-0.3, -0.25) is 0 Å². The molecular weight excluding hydrogens is 506 g/mol. The van der Waals surface area contributed by atoms with E-state index in [0.29, 0.717) is 0 Å². The zero-order chi connectivity index (χ0) is 28.3. The number of anilines is 3. The lowest BCUT2D eigenvalue weighted by atomic mass is 9.72. The van der Waals surface area contributed by atoms with E-state index in [1.165, 1.54) is 72.0 Å². The van der Waals surface area contributed by atoms with Crippen molar-refractivity contribution in [3.05, 3.63) is 163 Å². The van der Waals surface area contributed by atoms with E-state index in [0.717, 1.165) is 0 Å². The molecule has 0 bridgehead atoms. The third-order valence-electron chi connectivity index (χ3n) is 9.02. The van der Waals surface area contributed by atoms with Crippen LogP contribution in [0.2, 0.25) is 0 Å². The highest BCUT2D eigenvalue weighted by Crippen LogP contribution is 2.53. The molecule has 1 heterocycles. The third-order valence-corrected chi connectivity index (χ3v) is 9.02. The van der Waals surface area contributed by atoms with Gasteiger partial charge in [0, 0.05) is 11.1 Å². The summed E-state index contributed by atoms with van der Waals surface area (Å²) in [5.74, 6) is 0. The zero-order valence-corrected chi connectivity index (χ0v) is 23.9. The second-order valence-corrected chi connectivity index (χ2v) is 11.8. The SMILES string of the molecule is CC1(C)c2cc(-c3ccccc3)ccc2N(c2ccc3c(ccc4ccccc43)c2)c2ccc(-c3ccccc3)cc21. The third kappa shape index (κ3) is 3.85. The van der Waals surface area contributed by atoms with Gasteiger partial charge in [0.25, 0.3) is 0 Å². The van der Waals surface area contributed by atoms with E-state index in [1.54, 1.807) is 0 Å². The van der Waals surface area contributed by atoms with Crippen LogP contribution in [0.4, 0.5) is 17.1 Å². The van der Waals surface area contributed by atoms with E-state index in [2.05, 4.69) is 170 Å². The molecule has 42 heavy (non-hydrogen) atoms. The summed E-state index contributed by atoms with van der Waals surface area (Å²) in [5.41, 5.74) is 11.1. The first-order valence-corrected chi connectivity index (χ1v) is 14.7. The summed E-state index contributed by atoms with van der Waals surface area (Å²) >= 11 is 0. The molecule has 0 aromatic heterocycles. The minimum atomic E-state index is -0.191. The van der Waals surface area contributed by atoms with Gasteiger partial charge < -0.3 is 4.90 Å². The maximum absolute atomic E-state index is 2.47. The van der Waals surface area contributed by atoms with Crippen molar-refractivity contribution < 1.29 is 0 Å². The van der Waals surface area contributed by atoms with Gasteiger partial charge in [-0.25, -0.2) is 0 Å². The van der Waals surface area contributed by atoms with Crippen LogP contribution in [0, 0.1) is 0 Å². The van der Waals surface area contributed by atoms with Crippen LogP contribution in [0.5, 0.6) is 0 Å². The summed E-state index contributed by atoms with van der Waals surface area (Å²) in [5, 5.41) is 5.10. The van der Waals surface area contributed by atoms with Crippen molar-refractivity contribution in [2.45, 2.75) is 19.3 Å². The van der Waals surface area contributed by atoms with Gasteiger partial charge in [0.05, 0.1) is 11.4 Å². The Kier molecular flexibility index (Phi) is 5.55. The zero-order valence-electron chi connectivity index (χ0n) is 23.9. The van der Waals surface area contributed by atoms with Crippen LogP contribution in [-0.2, 0) is 5.41 Å². The summed E-state index contributed by atoms with van der Waals surface area (Å²) in [7, 11) is 0. The Labute approximate surface area is 247 Å². The van der Waals surface area contributed by atoms with E-state index >= 15 is 0 Å². The highest BCUT2D eigenvalue weighted by molar-refractivity contribution is 6.08. The van der Waals surface area contributed by atoms with Crippen molar-refractivity contribution in [1.29, 1.82) is 0 Å². The van der Waals surface area contributed by atoms with Crippen LogP contribution in [0.3, 0.4) is 0 Å². The average molecular weight is 538 g/mol. The highest BCUT2D eigenvalue weighted by atomic mass is 15.2. The van der Waals surface area contributed by atoms with E-state index < -0.39 is 0 Å². The Morgan fingerprint density at radius 1 is 0.405 bits per heavy atom. The number of hydrogen-bond donors (Lipinski definition) is 0. The first kappa shape index (κ1) is 24.6. The van der Waals surface area contributed by atoms with Crippen LogP contribution in [0.25, 0.3) is 43.8 Å². The standard InChI is InChI=1S/C41H31N/c1-41(2)37-26-31(28-11-5-3-6-12-28)19-23-39(37)42(40-24-20-32(27-38(40)41)29-13-7-4-8-14-29)34-21-22-36-33(25-34)18-17-30-15-9-10-16-35(30)36/h3-27H,1-2H3. The first-order valence-electron chi connectivity index (χ1n) is 14.7. The van der Waals surface area contributed by atoms with Crippen molar-refractivity contribution in [1.82, 2.24) is 0 Å². The number of rotatable bonds is 3. The second-order valence-electron chi connectivity index (χ2n) is 11.8. The van der Waals surface area contributed by atoms with Gasteiger partial charge in [0.15, 0.2) is 0 Å². The molecule has 0 atom stereocenters. The number of hydrogen-bond acceptors (Lipinski definition) is 1. The fourth-order valence-electron chi connectivity index (χ4n) is 6.78. The quantitative estimate of drug-likeness (QED) is 0.203. The largest absolute Gasteiger partial charge is 0.310 e. The lowest BCUT2D eigenvalue weighted by Crippen LogP contribution is -2.30. The number of fused-ring (bicyclic) bond motifs is 5. The highest BCUT2D eigenvalue weighted by Gasteiger charge is 2.37. The van der Waals surface area contributed by atoms with Crippen LogP contribution in [0.1, 0.15) is 25.0 Å². The lowest BCUT2D eigenvalue weighted by molar-refractivity contribution is 0.632. The second kappa shape index (κ2) is 9.46. The minimum absolute atomic E-state index is 0.191. The topological polar surface area (TPSA) is 3.24 Å². The first-order chi connectivity index (χ1) is 20.6. The molecule has 0 aliphatic carbocycles. The van der Waals surface area contributed by atoms with Crippen LogP contribution in [-0.4, -0.2) is 0 Å². The Bertz CT molecular complexity index is 2010. The number of benzene rings is 7. The van der Waals surface area contributed by atoms with Gasteiger partial charge in [0.1, 0.15) is 0 Å². The average Bonchev–Trinajstić information content (AvgIpc) is 3.05. The Morgan fingerprint density at radius 2 is 0.929 bits per heavy atom. The van der Waals surface area contributed by atoms with Crippen molar-refractivity contribution >= 4 is 38.6 Å². The molecule has 0 fully saturated rings. The van der Waals surface area contributed by atoms with E-state index in [1.807, 2.05) is 0 Å². The molecule has 0 N–H and O–H groups in total. The number of nitrogens with zero attached hydrogens (tertiary/aromatic N) is 1. The molecule has 1 aliphatic heterocycles. The summed E-state index contributed by atoms with van der Waals surface area (Å²) in [6, 6.07) is 55.5. The molecule has 1 heteroatoms. The predicted octanol–water partition coefficient (Wildman–Crippen LogP) is 11.4. The molecular formula is C41H31N. The van der Waals surface area contributed by atoms with Gasteiger partial charge in [-0.15, -0.1) is 0 Å². The molecule has 7 aromatic carbocycles. The molecule has 0 unspecified atom stereocenters. The summed E-state index contributed by atoms with van der Waals surface area (Å²) in [6.45, 7) is 4.75. The van der Waals surface area contributed by atoms with Gasteiger partial charge >= 0.3 is 0 Å². The normalized spacial score (nSPS) is 13.6. The molecule has 0 saturated heterocycles. The Balaban J connectivity index is 1.37. The molecule has 8 rings (SSSR count). The summed E-state index contributed by atoms with van der Waals surface area (Å²) in [6.07, 6.45) is 0. The molecule has 200 valence electrons. The minimum Gasteiger partial charge on any atom is -0.310 e. The predicted molar refractivity (Wildman–Crippen MR) is 179 cm³/mol. The van der Waals surface area contributed by atoms with Gasteiger partial charge in [0.2, 0.25) is 0 Å². The van der Waals surface area contributed by atoms with Gasteiger partial charge in [-0.1, -0.05) is 129 Å². The van der Waals surface area contributed by atoms with Gasteiger partial charge in [-0.2, -0.15) is 0 Å². The molecule has 0 radical (unpaired) electrons. The van der Waals surface area contributed by atoms with Crippen molar-refractivity contribution in [3.8, 4) is 22.3 Å². The Hall–Kier alpha value is -5.14. The summed E-state index contributed by atoms with van der Waals surface area (Å²) < 4.78 is 0. The van der Waals surface area contributed by atoms with Crippen LogP contribution >= 0.6 is 0 Å². The van der Waals surface area contributed by atoms with Crippen molar-refractivity contribution in [3.63, 3.8) is 0 Å². The molecule has 0 spiro atoms. The van der Waals surface area contributed by atoms with E-state index in [-0.39, 0.29) is 5.41 Å². The molecule has 0 saturated carbocycles. The molecule has 1 aliphatic rings. The maximum atomic E-state index is 2.47. The monoisotopic (exact) mass is 537 g/mol. The fraction of sp³-hybridized carbons (Fsp3) is 0.0732.